The molecule has 1 amide bonds. The molecule has 0 unspecified atom stereocenters. The first-order valence-corrected chi connectivity index (χ1v) is 9.80. The van der Waals surface area contributed by atoms with Crippen LogP contribution in [0.2, 0.25) is 0 Å². The maximum Gasteiger partial charge on any atom is 0.239 e. The fourth-order valence-corrected chi connectivity index (χ4v) is 3.93. The Labute approximate surface area is 164 Å². The summed E-state index contributed by atoms with van der Waals surface area (Å²) in [5.74, 6) is 1.94. The number of nitrogens with zero attached hydrogens (tertiary/aromatic N) is 2. The summed E-state index contributed by atoms with van der Waals surface area (Å²) < 4.78 is 10.6. The van der Waals surface area contributed by atoms with Gasteiger partial charge >= 0.3 is 0 Å². The lowest BCUT2D eigenvalue weighted by atomic mass is 10.1. The summed E-state index contributed by atoms with van der Waals surface area (Å²) in [6.07, 6.45) is 0.721. The number of ether oxygens (including phenoxy) is 2. The molecule has 1 aliphatic heterocycles. The minimum atomic E-state index is 0.101. The molecule has 142 valence electrons. The maximum absolute atomic E-state index is 12.3. The van der Waals surface area contributed by atoms with Gasteiger partial charge in [-0.15, -0.1) is 0 Å². The Kier molecular flexibility index (Phi) is 6.06. The molecule has 2 aromatic carbocycles. The van der Waals surface area contributed by atoms with E-state index in [1.165, 1.54) is 17.3 Å². The zero-order valence-corrected chi connectivity index (χ0v) is 16.9. The minimum absolute atomic E-state index is 0.101. The fraction of sp³-hybridized carbons (Fsp3) is 0.333. The fourth-order valence-electron chi connectivity index (χ4n) is 3.01. The molecule has 5 nitrogen and oxygen atoms in total. The summed E-state index contributed by atoms with van der Waals surface area (Å²) in [5, 5.41) is 0.771. The van der Waals surface area contributed by atoms with Gasteiger partial charge in [-0.2, -0.15) is 0 Å². The van der Waals surface area contributed by atoms with Gasteiger partial charge in [-0.25, -0.2) is 4.99 Å². The van der Waals surface area contributed by atoms with Crippen LogP contribution in [-0.4, -0.2) is 42.5 Å². The molecule has 1 heterocycles. The molecule has 1 aliphatic rings. The van der Waals surface area contributed by atoms with Crippen molar-refractivity contribution >= 4 is 28.5 Å². The highest BCUT2D eigenvalue weighted by Crippen LogP contribution is 2.29. The molecule has 0 N–H and O–H groups in total. The van der Waals surface area contributed by atoms with Crippen molar-refractivity contribution in [2.24, 2.45) is 4.99 Å². The van der Waals surface area contributed by atoms with Crippen LogP contribution in [0.4, 0.5) is 5.69 Å². The molecule has 1 saturated heterocycles. The second-order valence-corrected chi connectivity index (χ2v) is 7.40. The third-order valence-electron chi connectivity index (χ3n) is 4.50. The van der Waals surface area contributed by atoms with Crippen LogP contribution in [0.15, 0.2) is 41.4 Å². The number of aliphatic imine (C=N–C) groups is 1. The molecule has 0 aromatic heterocycles. The summed E-state index contributed by atoms with van der Waals surface area (Å²) in [7, 11) is 3.24. The highest BCUT2D eigenvalue weighted by molar-refractivity contribution is 8.15. The van der Waals surface area contributed by atoms with Gasteiger partial charge in [-0.05, 0) is 49.6 Å². The summed E-state index contributed by atoms with van der Waals surface area (Å²) in [5.41, 5.74) is 4.32. The molecule has 3 rings (SSSR count). The zero-order valence-electron chi connectivity index (χ0n) is 16.1. The molecule has 2 aromatic rings. The molecule has 6 heteroatoms. The summed E-state index contributed by atoms with van der Waals surface area (Å²) in [4.78, 5) is 18.9. The molecule has 0 spiro atoms. The van der Waals surface area contributed by atoms with E-state index in [4.69, 9.17) is 14.5 Å². The number of amides is 1. The third kappa shape index (κ3) is 4.45. The van der Waals surface area contributed by atoms with Crippen molar-refractivity contribution in [2.75, 3.05) is 26.5 Å². The van der Waals surface area contributed by atoms with Crippen LogP contribution in [0.1, 0.15) is 16.7 Å². The third-order valence-corrected chi connectivity index (χ3v) is 5.46. The van der Waals surface area contributed by atoms with E-state index in [1.54, 1.807) is 19.1 Å². The number of hydrogen-bond acceptors (Lipinski definition) is 5. The number of aryl methyl sites for hydroxylation is 2. The normalized spacial score (nSPS) is 15.5. The van der Waals surface area contributed by atoms with Crippen molar-refractivity contribution in [3.63, 3.8) is 0 Å². The Morgan fingerprint density at radius 2 is 1.85 bits per heavy atom. The summed E-state index contributed by atoms with van der Waals surface area (Å²) in [6.45, 7) is 4.69. The molecule has 0 bridgehead atoms. The highest BCUT2D eigenvalue weighted by atomic mass is 32.2. The Bertz CT molecular complexity index is 880. The zero-order chi connectivity index (χ0) is 19.4. The number of benzene rings is 2. The second kappa shape index (κ2) is 8.48. The van der Waals surface area contributed by atoms with Crippen molar-refractivity contribution in [3.8, 4) is 11.5 Å². The van der Waals surface area contributed by atoms with E-state index in [0.29, 0.717) is 23.8 Å². The van der Waals surface area contributed by atoms with E-state index >= 15 is 0 Å². The van der Waals surface area contributed by atoms with Crippen molar-refractivity contribution < 1.29 is 14.3 Å². The molecule has 1 fully saturated rings. The molecule has 0 radical (unpaired) electrons. The first-order valence-electron chi connectivity index (χ1n) is 8.82. The molecule has 27 heavy (non-hydrogen) atoms. The standard InChI is InChI=1S/C21H24N2O3S/c1-14-5-7-17(15(2)11-14)22-21-23(20(24)13-27-21)10-9-16-6-8-18(25-3)19(12-16)26-4/h5-8,11-12H,9-10,13H2,1-4H3. The predicted molar refractivity (Wildman–Crippen MR) is 110 cm³/mol. The number of hydrogen-bond donors (Lipinski definition) is 0. The number of methoxy groups -OCH3 is 2. The van der Waals surface area contributed by atoms with Gasteiger partial charge in [0.2, 0.25) is 5.91 Å². The van der Waals surface area contributed by atoms with Gasteiger partial charge in [-0.3, -0.25) is 9.69 Å². The minimum Gasteiger partial charge on any atom is -0.493 e. The Balaban J connectivity index is 1.76. The first-order chi connectivity index (χ1) is 13.0. The van der Waals surface area contributed by atoms with Gasteiger partial charge in [-0.1, -0.05) is 35.5 Å². The van der Waals surface area contributed by atoms with Crippen molar-refractivity contribution in [2.45, 2.75) is 20.3 Å². The predicted octanol–water partition coefficient (Wildman–Crippen LogP) is 4.13. The van der Waals surface area contributed by atoms with Crippen LogP contribution in [-0.2, 0) is 11.2 Å². The molecule has 0 atom stereocenters. The van der Waals surface area contributed by atoms with Crippen molar-refractivity contribution in [1.82, 2.24) is 4.90 Å². The number of carbonyl (C=O) groups excluding carboxylic acids is 1. The van der Waals surface area contributed by atoms with E-state index in [0.717, 1.165) is 28.4 Å². The van der Waals surface area contributed by atoms with Crippen LogP contribution in [0.3, 0.4) is 0 Å². The van der Waals surface area contributed by atoms with Crippen molar-refractivity contribution in [1.29, 1.82) is 0 Å². The number of amidine groups is 1. The lowest BCUT2D eigenvalue weighted by molar-refractivity contribution is -0.124. The largest absolute Gasteiger partial charge is 0.493 e. The monoisotopic (exact) mass is 384 g/mol. The van der Waals surface area contributed by atoms with Crippen molar-refractivity contribution in [3.05, 3.63) is 53.1 Å². The van der Waals surface area contributed by atoms with Gasteiger partial charge in [0.1, 0.15) is 0 Å². The summed E-state index contributed by atoms with van der Waals surface area (Å²) in [6, 6.07) is 12.0. The average molecular weight is 385 g/mol. The average Bonchev–Trinajstić information content (AvgIpc) is 3.01. The molecular formula is C21H24N2O3S. The first kappa shape index (κ1) is 19.3. The van der Waals surface area contributed by atoms with Crippen LogP contribution in [0, 0.1) is 13.8 Å². The maximum atomic E-state index is 12.3. The van der Waals surface area contributed by atoms with Crippen LogP contribution < -0.4 is 9.47 Å². The smallest absolute Gasteiger partial charge is 0.239 e. The van der Waals surface area contributed by atoms with Crippen LogP contribution in [0.5, 0.6) is 11.5 Å². The van der Waals surface area contributed by atoms with Gasteiger partial charge < -0.3 is 9.47 Å². The lowest BCUT2D eigenvalue weighted by Gasteiger charge is -2.17. The highest BCUT2D eigenvalue weighted by Gasteiger charge is 2.28. The molecule has 0 aliphatic carbocycles. The van der Waals surface area contributed by atoms with E-state index in [9.17, 15) is 4.79 Å². The number of rotatable bonds is 6. The lowest BCUT2D eigenvalue weighted by Crippen LogP contribution is -2.31. The van der Waals surface area contributed by atoms with E-state index in [-0.39, 0.29) is 5.91 Å². The summed E-state index contributed by atoms with van der Waals surface area (Å²) >= 11 is 1.50. The van der Waals surface area contributed by atoms with E-state index < -0.39 is 0 Å². The van der Waals surface area contributed by atoms with Gasteiger partial charge in [0.25, 0.3) is 0 Å². The van der Waals surface area contributed by atoms with Crippen LogP contribution >= 0.6 is 11.8 Å². The number of carbonyl (C=O) groups is 1. The van der Waals surface area contributed by atoms with Gasteiger partial charge in [0.15, 0.2) is 16.7 Å². The Hall–Kier alpha value is -2.47. The number of thioether (sulfide) groups is 1. The Morgan fingerprint density at radius 1 is 1.07 bits per heavy atom. The second-order valence-electron chi connectivity index (χ2n) is 6.46. The molecular weight excluding hydrogens is 360 g/mol. The van der Waals surface area contributed by atoms with Gasteiger partial charge in [0.05, 0.1) is 25.7 Å². The quantitative estimate of drug-likeness (QED) is 0.752. The van der Waals surface area contributed by atoms with E-state index in [1.807, 2.05) is 37.3 Å². The van der Waals surface area contributed by atoms with Crippen LogP contribution in [0.25, 0.3) is 0 Å². The van der Waals surface area contributed by atoms with Gasteiger partial charge in [0, 0.05) is 6.54 Å². The van der Waals surface area contributed by atoms with E-state index in [2.05, 4.69) is 13.0 Å². The Morgan fingerprint density at radius 3 is 2.56 bits per heavy atom. The topological polar surface area (TPSA) is 51.1 Å². The molecule has 0 saturated carbocycles. The SMILES string of the molecule is COc1ccc(CCN2C(=O)CSC2=Nc2ccc(C)cc2C)cc1OC.